The number of rotatable bonds is 1. The Bertz CT molecular complexity index is 148. The maximum absolute atomic E-state index is 10.2. The van der Waals surface area contributed by atoms with Gasteiger partial charge in [-0.05, 0) is 0 Å². The summed E-state index contributed by atoms with van der Waals surface area (Å²) in [7, 11) is 0. The maximum atomic E-state index is 10.2. The molecule has 0 amide bonds. The molecule has 0 aromatic rings. The van der Waals surface area contributed by atoms with Gasteiger partial charge in [-0.3, -0.25) is 0 Å². The summed E-state index contributed by atoms with van der Waals surface area (Å²) in [6, 6.07) is 0. The van der Waals surface area contributed by atoms with Crippen LogP contribution in [0.5, 0.6) is 0 Å². The van der Waals surface area contributed by atoms with E-state index in [1.165, 1.54) is 0 Å². The standard InChI is InChI=1S/C4H4.CHO2.Sn/c1-3-4-2;2-1-3;/h1-4H;(H,2,3);. The van der Waals surface area contributed by atoms with Crippen molar-refractivity contribution in [3.63, 3.8) is 0 Å². The first-order valence-corrected chi connectivity index (χ1v) is 6.98. The van der Waals surface area contributed by atoms with Crippen molar-refractivity contribution in [1.82, 2.24) is 0 Å². The van der Waals surface area contributed by atoms with E-state index < -0.39 is 23.7 Å². The van der Waals surface area contributed by atoms with Crippen LogP contribution < -0.4 is 0 Å². The molecule has 0 saturated carbocycles. The van der Waals surface area contributed by atoms with Crippen LogP contribution in [-0.2, 0) is 0 Å². The van der Waals surface area contributed by atoms with Gasteiger partial charge in [0.05, 0.1) is 0 Å². The molecule has 8 heavy (non-hydrogen) atoms. The third-order valence-corrected chi connectivity index (χ3v) is 5.47. The average molecular weight is 216 g/mol. The molecule has 0 unspecified atom stereocenters. The van der Waals surface area contributed by atoms with Crippen LogP contribution in [0.4, 0.5) is 4.79 Å². The molecule has 1 radical (unpaired) electrons. The zero-order valence-corrected chi connectivity index (χ0v) is 7.02. The summed E-state index contributed by atoms with van der Waals surface area (Å²) in [5.41, 5.74) is 0. The van der Waals surface area contributed by atoms with Crippen LogP contribution in [0.3, 0.4) is 0 Å². The minimum atomic E-state index is -2.11. The van der Waals surface area contributed by atoms with Gasteiger partial charge in [-0.2, -0.15) is 0 Å². The van der Waals surface area contributed by atoms with Crippen LogP contribution in [0, 0.1) is 0 Å². The topological polar surface area (TPSA) is 37.3 Å². The van der Waals surface area contributed by atoms with Crippen molar-refractivity contribution in [3.05, 3.63) is 20.3 Å². The van der Waals surface area contributed by atoms with Crippen molar-refractivity contribution in [1.29, 1.82) is 0 Å². The second-order valence-corrected chi connectivity index (χ2v) is 7.20. The Morgan fingerprint density at radius 2 is 1.88 bits per heavy atom. The molecule has 41 valence electrons. The van der Waals surface area contributed by atoms with Crippen molar-refractivity contribution >= 4 is 23.7 Å². The van der Waals surface area contributed by atoms with E-state index in [1.807, 2.05) is 20.3 Å². The summed E-state index contributed by atoms with van der Waals surface area (Å²) >= 11 is -2.11. The van der Waals surface area contributed by atoms with E-state index in [2.05, 4.69) is 0 Å². The molecule has 0 aliphatic carbocycles. The third-order valence-electron chi connectivity index (χ3n) is 0.910. The quantitative estimate of drug-likeness (QED) is 0.662. The Morgan fingerprint density at radius 3 is 2.12 bits per heavy atom. The van der Waals surface area contributed by atoms with Crippen molar-refractivity contribution in [2.24, 2.45) is 0 Å². The Kier molecular flexibility index (Phi) is 1.72. The molecule has 1 rings (SSSR count). The Balaban J connectivity index is 2.62. The number of hydrogen-bond donors (Lipinski definition) is 1. The fraction of sp³-hybridized carbons (Fsp3) is 0. The van der Waals surface area contributed by atoms with Crippen LogP contribution in [0.2, 0.25) is 0 Å². The molecule has 1 aliphatic heterocycles. The predicted octanol–water partition coefficient (Wildman–Crippen LogP) is 0.945. The second kappa shape index (κ2) is 2.35. The van der Waals surface area contributed by atoms with Gasteiger partial charge in [0.1, 0.15) is 0 Å². The molecule has 3 heteroatoms. The number of allylic oxidation sites excluding steroid dienone is 2. The minimum absolute atomic E-state index is 0.586. The Labute approximate surface area is 54.3 Å². The number of carbonyl (C=O) groups is 1. The van der Waals surface area contributed by atoms with Gasteiger partial charge in [0.2, 0.25) is 0 Å². The van der Waals surface area contributed by atoms with Gasteiger partial charge in [0, 0.05) is 0 Å². The normalized spacial score (nSPS) is 17.5. The molecule has 0 saturated heterocycles. The van der Waals surface area contributed by atoms with Crippen LogP contribution in [0.25, 0.3) is 0 Å². The number of carboxylic acid groups (broad SMARTS) is 1. The second-order valence-electron chi connectivity index (χ2n) is 1.48. The van der Waals surface area contributed by atoms with Gasteiger partial charge >= 0.3 is 54.0 Å². The van der Waals surface area contributed by atoms with Crippen molar-refractivity contribution in [3.8, 4) is 0 Å². The van der Waals surface area contributed by atoms with Crippen LogP contribution in [0.1, 0.15) is 0 Å². The zero-order chi connectivity index (χ0) is 5.98. The average Bonchev–Trinajstić information content (AvgIpc) is 2.12. The molecule has 1 heterocycles. The molecule has 1 aliphatic rings. The van der Waals surface area contributed by atoms with Crippen molar-refractivity contribution in [2.45, 2.75) is 0 Å². The third kappa shape index (κ3) is 1.12. The fourth-order valence-corrected chi connectivity index (χ4v) is 3.47. The van der Waals surface area contributed by atoms with Gasteiger partial charge in [-0.15, -0.1) is 0 Å². The summed E-state index contributed by atoms with van der Waals surface area (Å²) in [5, 5.41) is 8.40. The SMILES string of the molecule is O=[C](O)[Sn]1[CH]=CC=[CH]1. The van der Waals surface area contributed by atoms with Gasteiger partial charge in [-0.1, -0.05) is 0 Å². The fourth-order valence-electron chi connectivity index (χ4n) is 0.517. The first-order chi connectivity index (χ1) is 3.80. The first-order valence-electron chi connectivity index (χ1n) is 2.26. The van der Waals surface area contributed by atoms with E-state index in [1.54, 1.807) is 0 Å². The summed E-state index contributed by atoms with van der Waals surface area (Å²) < 4.78 is 3.09. The van der Waals surface area contributed by atoms with Gasteiger partial charge in [-0.25, -0.2) is 0 Å². The van der Waals surface area contributed by atoms with E-state index in [0.29, 0.717) is 0 Å². The molecule has 0 spiro atoms. The molecule has 0 fully saturated rings. The molecule has 0 atom stereocenters. The monoisotopic (exact) mass is 217 g/mol. The van der Waals surface area contributed by atoms with E-state index in [-0.39, 0.29) is 0 Å². The van der Waals surface area contributed by atoms with Crippen LogP contribution in [0.15, 0.2) is 20.3 Å². The molecule has 0 aromatic carbocycles. The molecular weight excluding hydrogens is 211 g/mol. The van der Waals surface area contributed by atoms with E-state index >= 15 is 0 Å². The summed E-state index contributed by atoms with van der Waals surface area (Å²) in [4.78, 5) is 10.2. The summed E-state index contributed by atoms with van der Waals surface area (Å²) in [6.45, 7) is 0. The summed E-state index contributed by atoms with van der Waals surface area (Å²) in [6.07, 6.45) is 3.64. The summed E-state index contributed by atoms with van der Waals surface area (Å²) in [5.74, 6) is 0. The molecule has 0 aromatic heterocycles. The molecule has 0 bridgehead atoms. The predicted molar refractivity (Wildman–Crippen MR) is 32.1 cm³/mol. The van der Waals surface area contributed by atoms with Crippen molar-refractivity contribution < 1.29 is 9.90 Å². The van der Waals surface area contributed by atoms with Gasteiger partial charge in [0.15, 0.2) is 0 Å². The van der Waals surface area contributed by atoms with E-state index in [4.69, 9.17) is 5.11 Å². The van der Waals surface area contributed by atoms with Crippen LogP contribution in [-0.4, -0.2) is 28.9 Å². The zero-order valence-electron chi connectivity index (χ0n) is 4.16. The number of hydrogen-bond acceptors (Lipinski definition) is 1. The molecule has 2 nitrogen and oxygen atoms in total. The first kappa shape index (κ1) is 5.88. The van der Waals surface area contributed by atoms with E-state index in [0.717, 1.165) is 0 Å². The van der Waals surface area contributed by atoms with Crippen LogP contribution >= 0.6 is 0 Å². The van der Waals surface area contributed by atoms with Crippen molar-refractivity contribution in [2.75, 3.05) is 0 Å². The molecular formula is C5H5O2Sn. The van der Waals surface area contributed by atoms with E-state index in [9.17, 15) is 4.79 Å². The van der Waals surface area contributed by atoms with Gasteiger partial charge in [0.25, 0.3) is 0 Å². The van der Waals surface area contributed by atoms with Gasteiger partial charge < -0.3 is 0 Å². The Morgan fingerprint density at radius 1 is 1.38 bits per heavy atom. The Hall–Kier alpha value is -0.251. The molecule has 1 N–H and O–H groups in total.